The molecule has 1 aromatic heterocycles. The molecule has 3 rings (SSSR count). The highest BCUT2D eigenvalue weighted by molar-refractivity contribution is 14.1. The van der Waals surface area contributed by atoms with E-state index >= 15 is 0 Å². The van der Waals surface area contributed by atoms with Crippen LogP contribution in [0.2, 0.25) is 0 Å². The molecular formula is C19H18IN5O. The molecule has 0 radical (unpaired) electrons. The summed E-state index contributed by atoms with van der Waals surface area (Å²) in [5.41, 5.74) is 3.13. The number of aromatic nitrogens is 2. The third kappa shape index (κ3) is 4.69. The highest BCUT2D eigenvalue weighted by Crippen LogP contribution is 2.22. The Labute approximate surface area is 165 Å². The Kier molecular flexibility index (Phi) is 5.67. The molecule has 0 spiro atoms. The third-order valence-electron chi connectivity index (χ3n) is 3.56. The maximum absolute atomic E-state index is 12.2. The largest absolute Gasteiger partial charge is 0.347 e. The summed E-state index contributed by atoms with van der Waals surface area (Å²) in [5.74, 6) is 0.636. The van der Waals surface area contributed by atoms with Gasteiger partial charge in [-0.2, -0.15) is 0 Å². The van der Waals surface area contributed by atoms with Gasteiger partial charge >= 0.3 is 6.03 Å². The van der Waals surface area contributed by atoms with Gasteiger partial charge in [-0.05, 0) is 65.1 Å². The summed E-state index contributed by atoms with van der Waals surface area (Å²) in [5, 5.41) is 5.66. The molecular weight excluding hydrogens is 441 g/mol. The van der Waals surface area contributed by atoms with Crippen LogP contribution in [-0.2, 0) is 0 Å². The Hall–Kier alpha value is -2.68. The van der Waals surface area contributed by atoms with Crippen LogP contribution in [0.15, 0.2) is 60.8 Å². The molecule has 0 aliphatic rings. The summed E-state index contributed by atoms with van der Waals surface area (Å²) in [6.07, 6.45) is 1.72. The molecule has 0 fully saturated rings. The van der Waals surface area contributed by atoms with Crippen LogP contribution in [-0.4, -0.2) is 30.1 Å². The third-order valence-corrected chi connectivity index (χ3v) is 4.28. The first kappa shape index (κ1) is 18.1. The van der Waals surface area contributed by atoms with Crippen LogP contribution >= 0.6 is 22.6 Å². The van der Waals surface area contributed by atoms with E-state index in [9.17, 15) is 4.79 Å². The minimum atomic E-state index is -0.292. The summed E-state index contributed by atoms with van der Waals surface area (Å²) >= 11 is 2.22. The van der Waals surface area contributed by atoms with Gasteiger partial charge in [-0.25, -0.2) is 14.8 Å². The van der Waals surface area contributed by atoms with Crippen molar-refractivity contribution in [2.75, 3.05) is 29.6 Å². The topological polar surface area (TPSA) is 70.2 Å². The van der Waals surface area contributed by atoms with E-state index in [0.717, 1.165) is 20.5 Å². The molecule has 7 heteroatoms. The fourth-order valence-electron chi connectivity index (χ4n) is 2.31. The fourth-order valence-corrected chi connectivity index (χ4v) is 2.67. The second-order valence-electron chi connectivity index (χ2n) is 5.80. The highest BCUT2D eigenvalue weighted by Gasteiger charge is 2.07. The number of nitrogens with zero attached hydrogens (tertiary/aromatic N) is 3. The van der Waals surface area contributed by atoms with Crippen LogP contribution in [0, 0.1) is 3.57 Å². The summed E-state index contributed by atoms with van der Waals surface area (Å²) in [4.78, 5) is 22.8. The highest BCUT2D eigenvalue weighted by atomic mass is 127. The van der Waals surface area contributed by atoms with Gasteiger partial charge in [0.15, 0.2) is 0 Å². The molecule has 2 N–H and O–H groups in total. The van der Waals surface area contributed by atoms with E-state index < -0.39 is 0 Å². The molecule has 3 aromatic rings. The molecule has 0 bridgehead atoms. The number of carbonyl (C=O) groups excluding carboxylic acids is 1. The van der Waals surface area contributed by atoms with Crippen molar-refractivity contribution in [2.24, 2.45) is 0 Å². The lowest BCUT2D eigenvalue weighted by Crippen LogP contribution is -2.19. The lowest BCUT2D eigenvalue weighted by molar-refractivity contribution is 0.262. The zero-order valence-corrected chi connectivity index (χ0v) is 16.6. The van der Waals surface area contributed by atoms with Crippen LogP contribution in [0.25, 0.3) is 11.3 Å². The first-order chi connectivity index (χ1) is 12.5. The van der Waals surface area contributed by atoms with Gasteiger partial charge in [-0.3, -0.25) is 0 Å². The van der Waals surface area contributed by atoms with Crippen LogP contribution in [0.4, 0.5) is 22.1 Å². The van der Waals surface area contributed by atoms with E-state index in [1.165, 1.54) is 0 Å². The number of anilines is 3. The Balaban J connectivity index is 1.74. The normalized spacial score (nSPS) is 10.3. The Bertz CT molecular complexity index is 912. The van der Waals surface area contributed by atoms with E-state index in [0.29, 0.717) is 11.6 Å². The van der Waals surface area contributed by atoms with E-state index in [-0.39, 0.29) is 6.03 Å². The van der Waals surface area contributed by atoms with Crippen molar-refractivity contribution in [1.82, 2.24) is 9.97 Å². The molecule has 0 unspecified atom stereocenters. The second kappa shape index (κ2) is 8.13. The van der Waals surface area contributed by atoms with Crippen molar-refractivity contribution in [1.29, 1.82) is 0 Å². The predicted octanol–water partition coefficient (Wildman–Crippen LogP) is 4.46. The smallest absolute Gasteiger partial charge is 0.323 e. The monoisotopic (exact) mass is 459 g/mol. The Morgan fingerprint density at radius 2 is 1.73 bits per heavy atom. The molecule has 2 aromatic carbocycles. The minimum absolute atomic E-state index is 0.292. The van der Waals surface area contributed by atoms with Crippen molar-refractivity contribution in [2.45, 2.75) is 0 Å². The molecule has 0 saturated heterocycles. The van der Waals surface area contributed by atoms with Crippen molar-refractivity contribution < 1.29 is 4.79 Å². The van der Waals surface area contributed by atoms with E-state index in [1.807, 2.05) is 73.6 Å². The van der Waals surface area contributed by atoms with Crippen LogP contribution in [0.5, 0.6) is 0 Å². The zero-order chi connectivity index (χ0) is 18.5. The molecule has 0 atom stereocenters. The van der Waals surface area contributed by atoms with Gasteiger partial charge in [0.25, 0.3) is 0 Å². The van der Waals surface area contributed by atoms with Gasteiger partial charge in [0.05, 0.1) is 5.69 Å². The number of hydrogen-bond acceptors (Lipinski definition) is 4. The van der Waals surface area contributed by atoms with Gasteiger partial charge < -0.3 is 15.5 Å². The van der Waals surface area contributed by atoms with Crippen molar-refractivity contribution in [3.63, 3.8) is 0 Å². The maximum atomic E-state index is 12.2. The average molecular weight is 459 g/mol. The van der Waals surface area contributed by atoms with Gasteiger partial charge in [0, 0.05) is 40.8 Å². The van der Waals surface area contributed by atoms with Gasteiger partial charge in [0.1, 0.15) is 0 Å². The Morgan fingerprint density at radius 3 is 2.46 bits per heavy atom. The predicted molar refractivity (Wildman–Crippen MR) is 114 cm³/mol. The number of hydrogen-bond donors (Lipinski definition) is 2. The van der Waals surface area contributed by atoms with Crippen LogP contribution in [0.3, 0.4) is 0 Å². The molecule has 2 amide bonds. The maximum Gasteiger partial charge on any atom is 0.323 e. The number of nitrogens with one attached hydrogen (secondary N) is 2. The average Bonchev–Trinajstić information content (AvgIpc) is 2.64. The fraction of sp³-hybridized carbons (Fsp3) is 0.105. The first-order valence-corrected chi connectivity index (χ1v) is 9.03. The van der Waals surface area contributed by atoms with Crippen LogP contribution < -0.4 is 15.5 Å². The summed E-state index contributed by atoms with van der Waals surface area (Å²) in [6.45, 7) is 0. The molecule has 6 nitrogen and oxygen atoms in total. The van der Waals surface area contributed by atoms with Crippen molar-refractivity contribution in [3.8, 4) is 11.3 Å². The lowest BCUT2D eigenvalue weighted by atomic mass is 10.1. The quantitative estimate of drug-likeness (QED) is 0.566. The number of rotatable bonds is 4. The van der Waals surface area contributed by atoms with E-state index in [4.69, 9.17) is 0 Å². The number of benzene rings is 2. The minimum Gasteiger partial charge on any atom is -0.347 e. The van der Waals surface area contributed by atoms with E-state index in [1.54, 1.807) is 6.20 Å². The summed E-state index contributed by atoms with van der Waals surface area (Å²) < 4.78 is 1.11. The van der Waals surface area contributed by atoms with Crippen LogP contribution in [0.1, 0.15) is 0 Å². The standard InChI is InChI=1S/C19H18IN5O/c1-25(2)18-21-11-10-17(24-18)13-4-3-5-16(12-13)23-19(26)22-15-8-6-14(20)7-9-15/h3-12H,1-2H3,(H2,22,23,26). The number of halogens is 1. The number of carbonyl (C=O) groups is 1. The van der Waals surface area contributed by atoms with Gasteiger partial charge in [-0.15, -0.1) is 0 Å². The SMILES string of the molecule is CN(C)c1nccc(-c2cccc(NC(=O)Nc3ccc(I)cc3)c2)n1. The van der Waals surface area contributed by atoms with Gasteiger partial charge in [0.2, 0.25) is 5.95 Å². The molecule has 0 saturated carbocycles. The zero-order valence-electron chi connectivity index (χ0n) is 14.4. The molecule has 132 valence electrons. The van der Waals surface area contributed by atoms with E-state index in [2.05, 4.69) is 43.2 Å². The summed E-state index contributed by atoms with van der Waals surface area (Å²) in [6, 6.07) is 16.7. The number of amides is 2. The molecule has 0 aliphatic carbocycles. The molecule has 1 heterocycles. The van der Waals surface area contributed by atoms with Gasteiger partial charge in [-0.1, -0.05) is 12.1 Å². The Morgan fingerprint density at radius 1 is 1.00 bits per heavy atom. The second-order valence-corrected chi connectivity index (χ2v) is 7.05. The lowest BCUT2D eigenvalue weighted by Gasteiger charge is -2.12. The number of urea groups is 1. The first-order valence-electron chi connectivity index (χ1n) is 7.95. The summed E-state index contributed by atoms with van der Waals surface area (Å²) in [7, 11) is 3.79. The molecule has 0 aliphatic heterocycles. The van der Waals surface area contributed by atoms with Crippen molar-refractivity contribution >= 4 is 45.9 Å². The molecule has 26 heavy (non-hydrogen) atoms. The van der Waals surface area contributed by atoms with Crippen molar-refractivity contribution in [3.05, 3.63) is 64.4 Å².